The molecule has 0 aromatic heterocycles. The number of amides is 1. The van der Waals surface area contributed by atoms with E-state index < -0.39 is 124 Å². The number of hydrogen-bond donors (Lipinski definition) is 12. The molecule has 3 heterocycles. The van der Waals surface area contributed by atoms with Crippen LogP contribution in [0.2, 0.25) is 0 Å². The molecule has 3 rings (SSSR count). The van der Waals surface area contributed by atoms with E-state index in [0.29, 0.717) is 12.8 Å². The van der Waals surface area contributed by atoms with E-state index in [4.69, 9.17) is 28.4 Å². The van der Waals surface area contributed by atoms with E-state index in [-0.39, 0.29) is 18.9 Å². The summed E-state index contributed by atoms with van der Waals surface area (Å²) in [6, 6.07) is -1.02. The van der Waals surface area contributed by atoms with Gasteiger partial charge >= 0.3 is 0 Å². The number of allylic oxidation sites excluding steroid dienone is 21. The van der Waals surface area contributed by atoms with Gasteiger partial charge < -0.3 is 89.9 Å². The van der Waals surface area contributed by atoms with Crippen molar-refractivity contribution in [3.8, 4) is 0 Å². The standard InChI is InChI=1S/C81H135NO18/c1-3-5-7-9-11-13-15-17-19-21-23-25-27-29-30-31-32-33-34-35-37-39-41-43-45-47-49-51-53-55-57-59-69(87)82-64(65(86)58-56-54-52-50-48-46-44-42-40-38-36-28-26-24-22-20-18-16-14-12-10-8-6-4-2)63-95-79-75(93)72(90)77(67(61-84)97-79)100-81-76(94)73(91)78(68(62-85)98-81)99-80-74(92)71(89)70(88)66(60-83)96-80/h5,7,11,13,17,19,23,25,29-30,32-33,35,37,40-43,48,50,56,58,64-68,70-81,83-86,88-94H,3-4,6,8-10,12,14-16,18,20-22,24,26-28,31,34,36,38-39,44-47,49,51-55,57,59-63H2,1-2H3,(H,82,87)/b7-5-,13-11-,19-17-,25-23-,30-29-,33-32-,37-35-,42-40+,43-41-,50-48+,58-56+. The lowest BCUT2D eigenvalue weighted by molar-refractivity contribution is -0.379. The smallest absolute Gasteiger partial charge is 0.220 e. The zero-order chi connectivity index (χ0) is 72.5. The minimum absolute atomic E-state index is 0.206. The second-order valence-corrected chi connectivity index (χ2v) is 26.7. The summed E-state index contributed by atoms with van der Waals surface area (Å²) in [5.74, 6) is -0.309. The number of carbonyl (C=O) groups is 1. The zero-order valence-corrected chi connectivity index (χ0v) is 60.9. The molecule has 3 fully saturated rings. The molecule has 0 saturated carbocycles. The molecule has 572 valence electrons. The van der Waals surface area contributed by atoms with Crippen LogP contribution in [0, 0.1) is 0 Å². The van der Waals surface area contributed by atoms with Crippen LogP contribution in [0.25, 0.3) is 0 Å². The first kappa shape index (κ1) is 90.1. The summed E-state index contributed by atoms with van der Waals surface area (Å²) in [4.78, 5) is 13.5. The van der Waals surface area contributed by atoms with Crippen LogP contribution in [0.4, 0.5) is 0 Å². The van der Waals surface area contributed by atoms with Gasteiger partial charge in [0.15, 0.2) is 18.9 Å². The number of aliphatic hydroxyl groups excluding tert-OH is 11. The van der Waals surface area contributed by atoms with Crippen molar-refractivity contribution in [1.82, 2.24) is 5.32 Å². The van der Waals surface area contributed by atoms with Gasteiger partial charge in [0.05, 0.1) is 38.6 Å². The molecule has 0 aromatic rings. The van der Waals surface area contributed by atoms with Gasteiger partial charge in [-0.05, 0) is 109 Å². The maximum Gasteiger partial charge on any atom is 0.220 e. The number of hydrogen-bond acceptors (Lipinski definition) is 18. The maximum absolute atomic E-state index is 13.5. The van der Waals surface area contributed by atoms with E-state index in [9.17, 15) is 61.0 Å². The lowest BCUT2D eigenvalue weighted by Crippen LogP contribution is -2.66. The summed E-state index contributed by atoms with van der Waals surface area (Å²) in [5.41, 5.74) is 0. The average Bonchev–Trinajstić information content (AvgIpc) is 0.783. The van der Waals surface area contributed by atoms with E-state index in [1.165, 1.54) is 89.9 Å². The maximum atomic E-state index is 13.5. The third-order valence-electron chi connectivity index (χ3n) is 18.2. The molecule has 0 bridgehead atoms. The fourth-order valence-corrected chi connectivity index (χ4v) is 12.0. The lowest BCUT2D eigenvalue weighted by Gasteiger charge is -2.48. The Morgan fingerprint density at radius 3 is 1.12 bits per heavy atom. The van der Waals surface area contributed by atoms with Gasteiger partial charge in [0.1, 0.15) is 73.2 Å². The van der Waals surface area contributed by atoms with Crippen molar-refractivity contribution >= 4 is 5.91 Å². The highest BCUT2D eigenvalue weighted by molar-refractivity contribution is 5.76. The molecule has 3 aliphatic rings. The Labute approximate surface area is 600 Å². The van der Waals surface area contributed by atoms with Crippen molar-refractivity contribution in [1.29, 1.82) is 0 Å². The third-order valence-corrected chi connectivity index (χ3v) is 18.2. The molecule has 3 aliphatic heterocycles. The average molecular weight is 1410 g/mol. The molecule has 0 radical (unpaired) electrons. The first-order valence-electron chi connectivity index (χ1n) is 38.4. The minimum Gasteiger partial charge on any atom is -0.394 e. The molecule has 0 aromatic carbocycles. The number of carbonyl (C=O) groups excluding carboxylic acids is 1. The van der Waals surface area contributed by atoms with Crippen LogP contribution in [0.15, 0.2) is 134 Å². The van der Waals surface area contributed by atoms with Crippen LogP contribution in [-0.2, 0) is 33.2 Å². The summed E-state index contributed by atoms with van der Waals surface area (Å²) in [6.45, 7) is 1.58. The lowest BCUT2D eigenvalue weighted by atomic mass is 9.96. The molecule has 100 heavy (non-hydrogen) atoms. The van der Waals surface area contributed by atoms with E-state index in [1.54, 1.807) is 6.08 Å². The van der Waals surface area contributed by atoms with Gasteiger partial charge in [-0.2, -0.15) is 0 Å². The number of aliphatic hydroxyl groups is 11. The monoisotopic (exact) mass is 1410 g/mol. The van der Waals surface area contributed by atoms with Gasteiger partial charge in [-0.25, -0.2) is 0 Å². The molecule has 17 atom stereocenters. The van der Waals surface area contributed by atoms with Crippen molar-refractivity contribution in [2.24, 2.45) is 0 Å². The number of unbranched alkanes of at least 4 members (excludes halogenated alkanes) is 22. The number of rotatable bonds is 58. The molecule has 17 unspecified atom stereocenters. The Morgan fingerprint density at radius 2 is 0.700 bits per heavy atom. The predicted molar refractivity (Wildman–Crippen MR) is 396 cm³/mol. The zero-order valence-electron chi connectivity index (χ0n) is 60.9. The van der Waals surface area contributed by atoms with Gasteiger partial charge in [-0.1, -0.05) is 257 Å². The second-order valence-electron chi connectivity index (χ2n) is 26.7. The molecule has 0 aliphatic carbocycles. The van der Waals surface area contributed by atoms with Crippen molar-refractivity contribution in [3.63, 3.8) is 0 Å². The molecular formula is C81H135NO18. The molecule has 1 amide bonds. The van der Waals surface area contributed by atoms with Crippen LogP contribution in [0.1, 0.15) is 239 Å². The molecule has 19 nitrogen and oxygen atoms in total. The Hall–Kier alpha value is -4.07. The minimum atomic E-state index is -1.99. The van der Waals surface area contributed by atoms with Gasteiger partial charge in [-0.15, -0.1) is 0 Å². The Morgan fingerprint density at radius 1 is 0.370 bits per heavy atom. The Bertz CT molecular complexity index is 2330. The third kappa shape index (κ3) is 40.3. The van der Waals surface area contributed by atoms with Crippen molar-refractivity contribution in [2.75, 3.05) is 26.4 Å². The summed E-state index contributed by atoms with van der Waals surface area (Å²) in [6.07, 6.45) is 58.5. The quantitative estimate of drug-likeness (QED) is 0.0199. The van der Waals surface area contributed by atoms with E-state index in [0.717, 1.165) is 116 Å². The second kappa shape index (κ2) is 60.2. The van der Waals surface area contributed by atoms with Gasteiger partial charge in [0, 0.05) is 6.42 Å². The first-order chi connectivity index (χ1) is 48.8. The largest absolute Gasteiger partial charge is 0.394 e. The number of ether oxygens (including phenoxy) is 6. The van der Waals surface area contributed by atoms with Crippen molar-refractivity contribution < 1.29 is 89.4 Å². The van der Waals surface area contributed by atoms with Crippen LogP contribution in [0.5, 0.6) is 0 Å². The molecule has 19 heteroatoms. The van der Waals surface area contributed by atoms with Crippen LogP contribution in [0.3, 0.4) is 0 Å². The molecule has 12 N–H and O–H groups in total. The van der Waals surface area contributed by atoms with E-state index in [1.807, 2.05) is 6.08 Å². The summed E-state index contributed by atoms with van der Waals surface area (Å²) in [5, 5.41) is 121. The van der Waals surface area contributed by atoms with Crippen molar-refractivity contribution in [2.45, 2.75) is 343 Å². The normalized spacial score (nSPS) is 27.2. The van der Waals surface area contributed by atoms with Gasteiger partial charge in [-0.3, -0.25) is 4.79 Å². The number of nitrogens with one attached hydrogen (secondary N) is 1. The fourth-order valence-electron chi connectivity index (χ4n) is 12.0. The SMILES string of the molecule is CC/C=C\C/C=C\C/C=C\C/C=C\C/C=C\C/C=C\C/C=C\C/C=C\CCCCCCCCC(=O)NC(COC1OC(CO)C(OC2OC(CO)C(OC3OC(CO)C(O)C(O)C3O)C(O)C2O)C(O)C1O)C(O)/C=C/CC/C=C/CC/C=C/CCCCCCCCCCCCCCCC. The van der Waals surface area contributed by atoms with E-state index in [2.05, 4.69) is 141 Å². The summed E-state index contributed by atoms with van der Waals surface area (Å²) < 4.78 is 34.4. The summed E-state index contributed by atoms with van der Waals surface area (Å²) in [7, 11) is 0. The van der Waals surface area contributed by atoms with Gasteiger partial charge in [0.25, 0.3) is 0 Å². The highest BCUT2D eigenvalue weighted by atomic mass is 16.8. The molecule has 3 saturated heterocycles. The molecule has 0 spiro atoms. The van der Waals surface area contributed by atoms with Crippen molar-refractivity contribution in [3.05, 3.63) is 134 Å². The Balaban J connectivity index is 1.43. The summed E-state index contributed by atoms with van der Waals surface area (Å²) >= 11 is 0. The van der Waals surface area contributed by atoms with Crippen LogP contribution in [-0.4, -0.2) is 193 Å². The highest BCUT2D eigenvalue weighted by Crippen LogP contribution is 2.33. The Kier molecular flexibility index (Phi) is 54.3. The highest BCUT2D eigenvalue weighted by Gasteiger charge is 2.53. The fraction of sp³-hybridized carbons (Fsp3) is 0.716. The topological polar surface area (TPSA) is 307 Å². The van der Waals surface area contributed by atoms with E-state index >= 15 is 0 Å². The van der Waals surface area contributed by atoms with Crippen LogP contribution < -0.4 is 5.32 Å². The first-order valence-corrected chi connectivity index (χ1v) is 38.4. The predicted octanol–water partition coefficient (Wildman–Crippen LogP) is 12.1. The molecular weight excluding hydrogens is 1270 g/mol. The van der Waals surface area contributed by atoms with Crippen LogP contribution >= 0.6 is 0 Å². The van der Waals surface area contributed by atoms with Gasteiger partial charge in [0.2, 0.25) is 5.91 Å².